The molecule has 160 valence electrons. The van der Waals surface area contributed by atoms with Crippen LogP contribution in [0.1, 0.15) is 73.1 Å². The number of carbonyl (C=O) groups excluding carboxylic acids is 1. The van der Waals surface area contributed by atoms with Gasteiger partial charge in [-0.3, -0.25) is 4.79 Å². The number of carbonyl (C=O) groups is 1. The summed E-state index contributed by atoms with van der Waals surface area (Å²) in [6.45, 7) is 6.61. The van der Waals surface area contributed by atoms with Crippen molar-refractivity contribution in [1.82, 2.24) is 0 Å². The summed E-state index contributed by atoms with van der Waals surface area (Å²) >= 11 is 0. The van der Waals surface area contributed by atoms with Crippen LogP contribution in [-0.4, -0.2) is 28.8 Å². The van der Waals surface area contributed by atoms with Crippen LogP contribution in [0.2, 0.25) is 0 Å². The predicted octanol–water partition coefficient (Wildman–Crippen LogP) is 6.07. The van der Waals surface area contributed by atoms with Crippen LogP contribution in [0.25, 0.3) is 0 Å². The molecule has 1 aliphatic rings. The second-order valence-corrected chi connectivity index (χ2v) is 8.95. The van der Waals surface area contributed by atoms with Crippen molar-refractivity contribution in [1.29, 1.82) is 0 Å². The van der Waals surface area contributed by atoms with E-state index in [1.54, 1.807) is 20.8 Å². The zero-order chi connectivity index (χ0) is 21.5. The van der Waals surface area contributed by atoms with Crippen LogP contribution in [0.4, 0.5) is 26.3 Å². The number of aliphatic hydroxyl groups is 1. The number of alkyl halides is 6. The summed E-state index contributed by atoms with van der Waals surface area (Å²) in [6.07, 6.45) is -10.3. The van der Waals surface area contributed by atoms with Crippen molar-refractivity contribution >= 4 is 5.78 Å². The van der Waals surface area contributed by atoms with Gasteiger partial charge in [-0.05, 0) is 50.9 Å². The van der Waals surface area contributed by atoms with Gasteiger partial charge < -0.3 is 5.11 Å². The first-order valence-corrected chi connectivity index (χ1v) is 9.29. The maximum absolute atomic E-state index is 13.9. The van der Waals surface area contributed by atoms with Crippen molar-refractivity contribution in [3.63, 3.8) is 0 Å². The number of ketones is 1. The Morgan fingerprint density at radius 2 is 1.26 bits per heavy atom. The molecule has 8 heteroatoms. The number of hydrogen-bond acceptors (Lipinski definition) is 2. The molecule has 0 amide bonds. The van der Waals surface area contributed by atoms with Gasteiger partial charge in [0.25, 0.3) is 0 Å². The van der Waals surface area contributed by atoms with Gasteiger partial charge in [-0.2, -0.15) is 26.3 Å². The molecule has 2 unspecified atom stereocenters. The van der Waals surface area contributed by atoms with E-state index >= 15 is 0 Å². The fourth-order valence-corrected chi connectivity index (χ4v) is 3.77. The van der Waals surface area contributed by atoms with E-state index in [9.17, 15) is 36.2 Å². The molecule has 0 bridgehead atoms. The average Bonchev–Trinajstić information content (AvgIpc) is 2.52. The van der Waals surface area contributed by atoms with Gasteiger partial charge in [-0.1, -0.05) is 27.7 Å². The number of halogens is 6. The third-order valence-electron chi connectivity index (χ3n) is 6.81. The van der Waals surface area contributed by atoms with Gasteiger partial charge in [0.2, 0.25) is 0 Å². The predicted molar refractivity (Wildman–Crippen MR) is 90.0 cm³/mol. The highest BCUT2D eigenvalue weighted by Gasteiger charge is 2.60. The van der Waals surface area contributed by atoms with Crippen LogP contribution in [0, 0.1) is 22.7 Å². The second-order valence-electron chi connectivity index (χ2n) is 8.95. The topological polar surface area (TPSA) is 37.3 Å². The van der Waals surface area contributed by atoms with Gasteiger partial charge in [-0.25, -0.2) is 0 Å². The third-order valence-corrected chi connectivity index (χ3v) is 6.81. The van der Waals surface area contributed by atoms with E-state index in [2.05, 4.69) is 0 Å². The van der Waals surface area contributed by atoms with E-state index in [-0.39, 0.29) is 25.7 Å². The van der Waals surface area contributed by atoms with Gasteiger partial charge in [-0.15, -0.1) is 0 Å². The Morgan fingerprint density at radius 3 is 1.59 bits per heavy atom. The molecule has 0 aromatic heterocycles. The van der Waals surface area contributed by atoms with Crippen LogP contribution >= 0.6 is 0 Å². The largest absolute Gasteiger partial charge is 0.417 e. The van der Waals surface area contributed by atoms with Crippen LogP contribution < -0.4 is 0 Å². The molecule has 1 N–H and O–H groups in total. The van der Waals surface area contributed by atoms with Crippen molar-refractivity contribution in [2.45, 2.75) is 91.1 Å². The Kier molecular flexibility index (Phi) is 6.79. The Hall–Kier alpha value is -0.790. The molecule has 0 aromatic rings. The lowest BCUT2D eigenvalue weighted by atomic mass is 9.62. The fraction of sp³-hybridized carbons (Fsp3) is 0.947. The number of rotatable bonds is 6. The first-order valence-electron chi connectivity index (χ1n) is 9.29. The Bertz CT molecular complexity index is 527. The normalized spacial score (nSPS) is 27.0. The molecule has 0 heterocycles. The zero-order valence-electron chi connectivity index (χ0n) is 16.5. The summed E-state index contributed by atoms with van der Waals surface area (Å²) in [4.78, 5) is 12.5. The van der Waals surface area contributed by atoms with Crippen LogP contribution in [0.5, 0.6) is 0 Å². The molecule has 1 rings (SSSR count). The molecular formula is C19H30F6O2. The smallest absolute Gasteiger partial charge is 0.380 e. The third kappa shape index (κ3) is 4.80. The first kappa shape index (κ1) is 24.2. The molecule has 1 saturated carbocycles. The lowest BCUT2D eigenvalue weighted by Crippen LogP contribution is -2.52. The maximum atomic E-state index is 13.9. The molecule has 0 aliphatic heterocycles. The number of hydrogen-bond donors (Lipinski definition) is 1. The molecule has 0 saturated heterocycles. The van der Waals surface area contributed by atoms with E-state index < -0.39 is 52.8 Å². The summed E-state index contributed by atoms with van der Waals surface area (Å²) in [5.74, 6) is -2.59. The average molecular weight is 404 g/mol. The molecule has 0 spiro atoms. The monoisotopic (exact) mass is 404 g/mol. The van der Waals surface area contributed by atoms with Crippen molar-refractivity contribution in [3.8, 4) is 0 Å². The lowest BCUT2D eigenvalue weighted by molar-refractivity contribution is -0.280. The second kappa shape index (κ2) is 7.56. The fourth-order valence-electron chi connectivity index (χ4n) is 3.77. The standard InChI is InChI=1S/C19H30F6O2/c1-6-15(2,3)14(26)11-16(4,18(20,21)22)12-7-9-13(10-8-12)17(5,27)19(23,24)25/h12-13,27H,6-11H2,1-5H3. The summed E-state index contributed by atoms with van der Waals surface area (Å²) in [6, 6.07) is 0. The van der Waals surface area contributed by atoms with Crippen LogP contribution in [-0.2, 0) is 4.79 Å². The summed E-state index contributed by atoms with van der Waals surface area (Å²) in [5, 5.41) is 9.81. The summed E-state index contributed by atoms with van der Waals surface area (Å²) < 4.78 is 80.7. The van der Waals surface area contributed by atoms with Crippen molar-refractivity contribution in [2.75, 3.05) is 0 Å². The van der Waals surface area contributed by atoms with Crippen LogP contribution in [0.3, 0.4) is 0 Å². The van der Waals surface area contributed by atoms with Gasteiger partial charge in [0.15, 0.2) is 5.60 Å². The lowest BCUT2D eigenvalue weighted by Gasteiger charge is -2.46. The van der Waals surface area contributed by atoms with E-state index in [1.807, 2.05) is 0 Å². The highest BCUT2D eigenvalue weighted by Crippen LogP contribution is 2.55. The van der Waals surface area contributed by atoms with E-state index in [1.165, 1.54) is 0 Å². The molecule has 2 nitrogen and oxygen atoms in total. The summed E-state index contributed by atoms with van der Waals surface area (Å²) in [7, 11) is 0. The van der Waals surface area contributed by atoms with Gasteiger partial charge in [0.05, 0.1) is 5.41 Å². The SMILES string of the molecule is CCC(C)(C)C(=O)CC(C)(C1CCC(C(C)(O)C(F)(F)F)CC1)C(F)(F)F. The van der Waals surface area contributed by atoms with Crippen molar-refractivity contribution < 1.29 is 36.2 Å². The Morgan fingerprint density at radius 1 is 0.852 bits per heavy atom. The minimum Gasteiger partial charge on any atom is -0.380 e. The van der Waals surface area contributed by atoms with E-state index in [0.29, 0.717) is 13.3 Å². The molecule has 1 fully saturated rings. The molecule has 27 heavy (non-hydrogen) atoms. The van der Waals surface area contributed by atoms with Crippen LogP contribution in [0.15, 0.2) is 0 Å². The minimum atomic E-state index is -4.83. The maximum Gasteiger partial charge on any atom is 0.417 e. The van der Waals surface area contributed by atoms with Gasteiger partial charge in [0, 0.05) is 11.8 Å². The highest BCUT2D eigenvalue weighted by atomic mass is 19.4. The van der Waals surface area contributed by atoms with Crippen molar-refractivity contribution in [3.05, 3.63) is 0 Å². The minimum absolute atomic E-state index is 0.104. The molecule has 0 aromatic carbocycles. The van der Waals surface area contributed by atoms with Gasteiger partial charge >= 0.3 is 12.4 Å². The molecule has 2 atom stereocenters. The highest BCUT2D eigenvalue weighted by molar-refractivity contribution is 5.84. The Labute approximate surface area is 156 Å². The Balaban J connectivity index is 3.02. The molecule has 0 radical (unpaired) electrons. The van der Waals surface area contributed by atoms with Crippen molar-refractivity contribution in [2.24, 2.45) is 22.7 Å². The molecular weight excluding hydrogens is 374 g/mol. The molecule has 1 aliphatic carbocycles. The summed E-state index contributed by atoms with van der Waals surface area (Å²) in [5.41, 5.74) is -6.10. The van der Waals surface area contributed by atoms with E-state index in [4.69, 9.17) is 0 Å². The quantitative estimate of drug-likeness (QED) is 0.546. The van der Waals surface area contributed by atoms with Gasteiger partial charge in [0.1, 0.15) is 5.78 Å². The zero-order valence-corrected chi connectivity index (χ0v) is 16.5. The van der Waals surface area contributed by atoms with E-state index in [0.717, 1.165) is 6.92 Å². The first-order chi connectivity index (χ1) is 11.9. The number of Topliss-reactive ketones (excluding diaryl/α,β-unsaturated/α-hetero) is 1.